The summed E-state index contributed by atoms with van der Waals surface area (Å²) in [5.41, 5.74) is 0. The molecule has 0 amide bonds. The van der Waals surface area contributed by atoms with E-state index in [2.05, 4.69) is 10.6 Å². The number of hydrogen-bond donors (Lipinski definition) is 2. The van der Waals surface area contributed by atoms with Gasteiger partial charge in [-0.2, -0.15) is 13.2 Å². The first-order valence-corrected chi connectivity index (χ1v) is 7.06. The Morgan fingerprint density at radius 3 is 2.33 bits per heavy atom. The van der Waals surface area contributed by atoms with Crippen molar-refractivity contribution in [2.45, 2.75) is 50.7 Å². The Bertz CT molecular complexity index is 241. The van der Waals surface area contributed by atoms with E-state index in [0.717, 1.165) is 19.6 Å². The minimum Gasteiger partial charge on any atom is -0.316 e. The van der Waals surface area contributed by atoms with Crippen LogP contribution in [0.1, 0.15) is 38.5 Å². The summed E-state index contributed by atoms with van der Waals surface area (Å²) >= 11 is 0. The minimum atomic E-state index is -3.99. The Kier molecular flexibility index (Phi) is 4.90. The van der Waals surface area contributed by atoms with E-state index >= 15 is 0 Å². The number of piperidine rings is 1. The van der Waals surface area contributed by atoms with Crippen LogP contribution >= 0.6 is 0 Å². The van der Waals surface area contributed by atoms with E-state index in [9.17, 15) is 13.2 Å². The summed E-state index contributed by atoms with van der Waals surface area (Å²) in [6.45, 7) is 3.10. The molecule has 1 unspecified atom stereocenters. The highest BCUT2D eigenvalue weighted by Crippen LogP contribution is 2.37. The van der Waals surface area contributed by atoms with E-state index in [0.29, 0.717) is 37.6 Å². The van der Waals surface area contributed by atoms with Gasteiger partial charge in [0.2, 0.25) is 0 Å². The molecule has 0 aromatic carbocycles. The van der Waals surface area contributed by atoms with E-state index in [-0.39, 0.29) is 0 Å². The predicted molar refractivity (Wildman–Crippen MR) is 65.4 cm³/mol. The van der Waals surface area contributed by atoms with Crippen molar-refractivity contribution in [2.24, 2.45) is 11.8 Å². The Hall–Kier alpha value is -0.290. The zero-order valence-corrected chi connectivity index (χ0v) is 10.7. The highest BCUT2D eigenvalue weighted by molar-refractivity contribution is 4.82. The standard InChI is InChI=1S/C13H23F3N2/c14-13(15,16)11-3-5-12(6-4-11)18-9-10-2-1-7-17-8-10/h10-12,17-18H,1-9H2. The third-order valence-electron chi connectivity index (χ3n) is 4.28. The molecule has 1 aliphatic heterocycles. The Labute approximate surface area is 107 Å². The average molecular weight is 264 g/mol. The average Bonchev–Trinajstić information content (AvgIpc) is 2.37. The van der Waals surface area contributed by atoms with Crippen LogP contribution in [0.15, 0.2) is 0 Å². The SMILES string of the molecule is FC(F)(F)C1CCC(NCC2CCCNC2)CC1. The van der Waals surface area contributed by atoms with Crippen LogP contribution in [0, 0.1) is 11.8 Å². The highest BCUT2D eigenvalue weighted by Gasteiger charge is 2.41. The van der Waals surface area contributed by atoms with Gasteiger partial charge < -0.3 is 10.6 Å². The number of hydrogen-bond acceptors (Lipinski definition) is 2. The number of alkyl halides is 3. The Morgan fingerprint density at radius 2 is 1.78 bits per heavy atom. The van der Waals surface area contributed by atoms with E-state index < -0.39 is 12.1 Å². The van der Waals surface area contributed by atoms with Crippen molar-refractivity contribution in [3.8, 4) is 0 Å². The molecule has 1 aliphatic carbocycles. The quantitative estimate of drug-likeness (QED) is 0.819. The van der Waals surface area contributed by atoms with E-state index in [1.807, 2.05) is 0 Å². The third-order valence-corrected chi connectivity index (χ3v) is 4.28. The van der Waals surface area contributed by atoms with Gasteiger partial charge in [-0.05, 0) is 64.1 Å². The lowest BCUT2D eigenvalue weighted by atomic mass is 9.85. The van der Waals surface area contributed by atoms with Crippen LogP contribution < -0.4 is 10.6 Å². The monoisotopic (exact) mass is 264 g/mol. The fourth-order valence-electron chi connectivity index (χ4n) is 3.06. The third kappa shape index (κ3) is 4.12. The predicted octanol–water partition coefficient (Wildman–Crippen LogP) is 2.70. The first kappa shape index (κ1) is 14.1. The summed E-state index contributed by atoms with van der Waals surface area (Å²) in [6.07, 6.45) is 0.395. The molecule has 106 valence electrons. The zero-order chi connectivity index (χ0) is 13.0. The van der Waals surface area contributed by atoms with Crippen LogP contribution in [-0.2, 0) is 0 Å². The fourth-order valence-corrected chi connectivity index (χ4v) is 3.06. The lowest BCUT2D eigenvalue weighted by Gasteiger charge is -2.32. The molecule has 2 N–H and O–H groups in total. The maximum atomic E-state index is 12.5. The van der Waals surface area contributed by atoms with Crippen molar-refractivity contribution in [1.82, 2.24) is 10.6 Å². The van der Waals surface area contributed by atoms with Crippen LogP contribution in [0.3, 0.4) is 0 Å². The van der Waals surface area contributed by atoms with Gasteiger partial charge in [0.1, 0.15) is 0 Å². The smallest absolute Gasteiger partial charge is 0.316 e. The molecule has 0 aromatic heterocycles. The second-order valence-corrected chi connectivity index (χ2v) is 5.71. The Morgan fingerprint density at radius 1 is 1.06 bits per heavy atom. The number of rotatable bonds is 3. The molecule has 18 heavy (non-hydrogen) atoms. The molecule has 1 saturated heterocycles. The first-order chi connectivity index (χ1) is 8.55. The van der Waals surface area contributed by atoms with Crippen molar-refractivity contribution in [3.05, 3.63) is 0 Å². The molecule has 0 bridgehead atoms. The Balaban J connectivity index is 1.64. The fraction of sp³-hybridized carbons (Fsp3) is 1.00. The topological polar surface area (TPSA) is 24.1 Å². The van der Waals surface area contributed by atoms with Crippen LogP contribution in [0.4, 0.5) is 13.2 Å². The molecule has 0 spiro atoms. The van der Waals surface area contributed by atoms with Crippen molar-refractivity contribution < 1.29 is 13.2 Å². The molecule has 2 fully saturated rings. The van der Waals surface area contributed by atoms with Crippen LogP contribution in [0.2, 0.25) is 0 Å². The zero-order valence-electron chi connectivity index (χ0n) is 10.7. The van der Waals surface area contributed by atoms with Gasteiger partial charge in [0.25, 0.3) is 0 Å². The molecular weight excluding hydrogens is 241 g/mol. The second kappa shape index (κ2) is 6.24. The van der Waals surface area contributed by atoms with Crippen molar-refractivity contribution >= 4 is 0 Å². The van der Waals surface area contributed by atoms with Gasteiger partial charge in [-0.3, -0.25) is 0 Å². The van der Waals surface area contributed by atoms with Crippen LogP contribution in [-0.4, -0.2) is 31.9 Å². The second-order valence-electron chi connectivity index (χ2n) is 5.71. The van der Waals surface area contributed by atoms with Gasteiger partial charge in [-0.1, -0.05) is 0 Å². The van der Waals surface area contributed by atoms with Gasteiger partial charge in [-0.25, -0.2) is 0 Å². The van der Waals surface area contributed by atoms with E-state index in [4.69, 9.17) is 0 Å². The maximum absolute atomic E-state index is 12.5. The van der Waals surface area contributed by atoms with Crippen LogP contribution in [0.5, 0.6) is 0 Å². The molecule has 2 rings (SSSR count). The molecule has 1 atom stereocenters. The summed E-state index contributed by atoms with van der Waals surface area (Å²) in [5, 5.41) is 6.82. The van der Waals surface area contributed by atoms with Crippen molar-refractivity contribution in [2.75, 3.05) is 19.6 Å². The number of halogens is 3. The molecule has 0 aromatic rings. The summed E-state index contributed by atoms with van der Waals surface area (Å²) in [5.74, 6) is -0.411. The molecular formula is C13H23F3N2. The molecule has 0 radical (unpaired) electrons. The summed E-state index contributed by atoms with van der Waals surface area (Å²) in [4.78, 5) is 0. The van der Waals surface area contributed by atoms with Crippen molar-refractivity contribution in [1.29, 1.82) is 0 Å². The number of nitrogens with one attached hydrogen (secondary N) is 2. The van der Waals surface area contributed by atoms with Gasteiger partial charge in [0.15, 0.2) is 0 Å². The van der Waals surface area contributed by atoms with Gasteiger partial charge in [0.05, 0.1) is 5.92 Å². The van der Waals surface area contributed by atoms with E-state index in [1.165, 1.54) is 12.8 Å². The molecule has 2 aliphatic rings. The lowest BCUT2D eigenvalue weighted by molar-refractivity contribution is -0.182. The van der Waals surface area contributed by atoms with Gasteiger partial charge in [-0.15, -0.1) is 0 Å². The van der Waals surface area contributed by atoms with Crippen molar-refractivity contribution in [3.63, 3.8) is 0 Å². The largest absolute Gasteiger partial charge is 0.391 e. The lowest BCUT2D eigenvalue weighted by Crippen LogP contribution is -2.42. The molecule has 1 heterocycles. The summed E-state index contributed by atoms with van der Waals surface area (Å²) in [7, 11) is 0. The minimum absolute atomic E-state index is 0.296. The molecule has 5 heteroatoms. The van der Waals surface area contributed by atoms with Gasteiger partial charge in [0, 0.05) is 6.04 Å². The maximum Gasteiger partial charge on any atom is 0.391 e. The van der Waals surface area contributed by atoms with E-state index in [1.54, 1.807) is 0 Å². The molecule has 1 saturated carbocycles. The van der Waals surface area contributed by atoms with Crippen LogP contribution in [0.25, 0.3) is 0 Å². The normalized spacial score (nSPS) is 34.5. The first-order valence-electron chi connectivity index (χ1n) is 7.06. The summed E-state index contributed by atoms with van der Waals surface area (Å²) in [6, 6.07) is 0.297. The molecule has 2 nitrogen and oxygen atoms in total. The van der Waals surface area contributed by atoms with Gasteiger partial charge >= 0.3 is 6.18 Å². The summed E-state index contributed by atoms with van der Waals surface area (Å²) < 4.78 is 37.5. The highest BCUT2D eigenvalue weighted by atomic mass is 19.4.